The summed E-state index contributed by atoms with van der Waals surface area (Å²) in [5.41, 5.74) is -2.88. The minimum Gasteiger partial charge on any atom is -0.503 e. The first-order valence-electron chi connectivity index (χ1n) is 11.1. The number of nitrogens with zero attached hydrogens (tertiary/aromatic N) is 2. The molecule has 3 aliphatic rings. The number of rotatable bonds is 4. The highest BCUT2D eigenvalue weighted by molar-refractivity contribution is 6.01. The molecule has 2 N–H and O–H groups in total. The maximum Gasteiger partial charge on any atom is 0.275 e. The zero-order valence-electron chi connectivity index (χ0n) is 18.9. The van der Waals surface area contributed by atoms with E-state index in [0.29, 0.717) is 18.6 Å². The second kappa shape index (κ2) is 7.98. The number of aromatic nitrogens is 1. The highest BCUT2D eigenvalue weighted by Crippen LogP contribution is 2.46. The molecule has 1 aromatic heterocycles. The van der Waals surface area contributed by atoms with Crippen LogP contribution in [0.1, 0.15) is 45.4 Å². The Morgan fingerprint density at radius 3 is 2.57 bits per heavy atom. The lowest BCUT2D eigenvalue weighted by Crippen LogP contribution is -2.59. The fourth-order valence-electron chi connectivity index (χ4n) is 5.50. The number of carbonyl (C=O) groups excluding carboxylic acids is 2. The molecule has 0 aliphatic carbocycles. The molecule has 5 rings (SSSR count). The van der Waals surface area contributed by atoms with Crippen LogP contribution in [0.4, 0.5) is 13.2 Å². The number of halogens is 3. The van der Waals surface area contributed by atoms with E-state index in [-0.39, 0.29) is 30.4 Å². The first-order valence-corrected chi connectivity index (χ1v) is 11.1. The van der Waals surface area contributed by atoms with Gasteiger partial charge in [0.2, 0.25) is 5.43 Å². The van der Waals surface area contributed by atoms with E-state index in [1.165, 1.54) is 11.7 Å². The van der Waals surface area contributed by atoms with E-state index >= 15 is 0 Å². The molecule has 0 fully saturated rings. The number of hydrogen-bond acceptors (Lipinski definition) is 5. The average Bonchev–Trinajstić information content (AvgIpc) is 3.11. The molecule has 2 amide bonds. The summed E-state index contributed by atoms with van der Waals surface area (Å²) >= 11 is 0. The van der Waals surface area contributed by atoms with E-state index in [1.54, 1.807) is 4.90 Å². The molecular weight excluding hydrogens is 467 g/mol. The first kappa shape index (κ1) is 23.2. The number of aromatic hydroxyl groups is 1. The van der Waals surface area contributed by atoms with Gasteiger partial charge in [0.25, 0.3) is 11.8 Å². The Morgan fingerprint density at radius 2 is 1.91 bits per heavy atom. The maximum atomic E-state index is 14.0. The molecule has 0 saturated carbocycles. The largest absolute Gasteiger partial charge is 0.503 e. The van der Waals surface area contributed by atoms with Crippen molar-refractivity contribution >= 4 is 11.8 Å². The van der Waals surface area contributed by atoms with Gasteiger partial charge in [-0.2, -0.15) is 0 Å². The summed E-state index contributed by atoms with van der Waals surface area (Å²) in [6, 6.07) is 0.655. The third-order valence-corrected chi connectivity index (χ3v) is 7.19. The average molecular weight is 489 g/mol. The number of ether oxygens (including phenoxy) is 1. The highest BCUT2D eigenvalue weighted by atomic mass is 19.1. The second-order valence-electron chi connectivity index (χ2n) is 9.03. The Bertz CT molecular complexity index is 1350. The van der Waals surface area contributed by atoms with Gasteiger partial charge in [-0.1, -0.05) is 12.2 Å². The van der Waals surface area contributed by atoms with Crippen LogP contribution in [-0.4, -0.2) is 52.2 Å². The van der Waals surface area contributed by atoms with Crippen LogP contribution in [0.3, 0.4) is 0 Å². The first-order chi connectivity index (χ1) is 16.6. The molecular formula is C24H22F3N3O5. The molecule has 3 aliphatic heterocycles. The van der Waals surface area contributed by atoms with Gasteiger partial charge in [-0.05, 0) is 19.8 Å². The number of fused-ring (bicyclic) bond motifs is 1. The third kappa shape index (κ3) is 3.21. The van der Waals surface area contributed by atoms with Crippen LogP contribution in [0.25, 0.3) is 0 Å². The van der Waals surface area contributed by atoms with Crippen LogP contribution in [0.2, 0.25) is 0 Å². The SMILES string of the molecule is CO[C@H]1C=C[C@H](C)N2C[C@]13CCc1c(C(=O)NCc4c(F)cc(F)cc4F)c(=O)c(O)c(n13)C2=O. The number of nitrogens with one attached hydrogen (secondary N) is 1. The van der Waals surface area contributed by atoms with Crippen LogP contribution < -0.4 is 10.7 Å². The van der Waals surface area contributed by atoms with Crippen molar-refractivity contribution in [2.75, 3.05) is 13.7 Å². The lowest BCUT2D eigenvalue weighted by Gasteiger charge is -2.46. The zero-order chi connectivity index (χ0) is 25.2. The maximum absolute atomic E-state index is 14.0. The summed E-state index contributed by atoms with van der Waals surface area (Å²) in [5.74, 6) is -5.88. The second-order valence-corrected chi connectivity index (χ2v) is 9.03. The molecule has 3 atom stereocenters. The summed E-state index contributed by atoms with van der Waals surface area (Å²) in [5, 5.41) is 13.1. The normalized spacial score (nSPS) is 24.4. The number of pyridine rings is 1. The summed E-state index contributed by atoms with van der Waals surface area (Å²) in [7, 11) is 1.51. The molecule has 1 aromatic carbocycles. The Labute approximate surface area is 197 Å². The van der Waals surface area contributed by atoms with Crippen molar-refractivity contribution in [1.29, 1.82) is 0 Å². The Kier molecular flexibility index (Phi) is 5.28. The van der Waals surface area contributed by atoms with Crippen molar-refractivity contribution < 1.29 is 32.6 Å². The van der Waals surface area contributed by atoms with E-state index in [9.17, 15) is 32.7 Å². The van der Waals surface area contributed by atoms with Crippen molar-refractivity contribution in [2.24, 2.45) is 0 Å². The van der Waals surface area contributed by atoms with Crippen LogP contribution in [-0.2, 0) is 23.2 Å². The molecule has 0 saturated heterocycles. The number of carbonyl (C=O) groups is 2. The van der Waals surface area contributed by atoms with Gasteiger partial charge in [0, 0.05) is 49.6 Å². The van der Waals surface area contributed by atoms with E-state index in [2.05, 4.69) is 5.32 Å². The van der Waals surface area contributed by atoms with E-state index in [4.69, 9.17) is 4.74 Å². The molecule has 0 radical (unpaired) electrons. The van der Waals surface area contributed by atoms with E-state index in [0.717, 1.165) is 0 Å². The standard InChI is InChI=1S/C24H22F3N3O5/c1-11-3-4-17(35-2)24-6-5-16-18(20(31)21(32)19(30(16)24)23(34)29(11)10-24)22(33)28-9-13-14(26)7-12(25)8-15(13)27/h3-4,7-8,11,17,32H,5-6,9-10H2,1-2H3,(H,28,33)/t11-,17-,24+/m0/s1. The molecule has 35 heavy (non-hydrogen) atoms. The van der Waals surface area contributed by atoms with Gasteiger partial charge in [-0.15, -0.1) is 0 Å². The van der Waals surface area contributed by atoms with Crippen LogP contribution in [0, 0.1) is 17.5 Å². The quantitative estimate of drug-likeness (QED) is 0.640. The number of hydrogen-bond donors (Lipinski definition) is 2. The predicted octanol–water partition coefficient (Wildman–Crippen LogP) is 1.97. The van der Waals surface area contributed by atoms with Crippen molar-refractivity contribution in [3.8, 4) is 5.75 Å². The topological polar surface area (TPSA) is 101 Å². The Balaban J connectivity index is 1.62. The van der Waals surface area contributed by atoms with Gasteiger partial charge in [0.15, 0.2) is 11.4 Å². The van der Waals surface area contributed by atoms with Crippen LogP contribution in [0.15, 0.2) is 29.1 Å². The lowest BCUT2D eigenvalue weighted by atomic mass is 9.87. The minimum absolute atomic E-state index is 0.210. The van der Waals surface area contributed by atoms with Crippen molar-refractivity contribution in [1.82, 2.24) is 14.8 Å². The molecule has 2 aromatic rings. The van der Waals surface area contributed by atoms with Gasteiger partial charge >= 0.3 is 0 Å². The number of methoxy groups -OCH3 is 1. The van der Waals surface area contributed by atoms with Crippen molar-refractivity contribution in [2.45, 2.75) is 44.0 Å². The van der Waals surface area contributed by atoms with Crippen molar-refractivity contribution in [3.63, 3.8) is 0 Å². The van der Waals surface area contributed by atoms with Gasteiger partial charge < -0.3 is 24.6 Å². The zero-order valence-corrected chi connectivity index (χ0v) is 18.9. The fraction of sp³-hybridized carbons (Fsp3) is 0.375. The van der Waals surface area contributed by atoms with E-state index in [1.807, 2.05) is 19.1 Å². The fourth-order valence-corrected chi connectivity index (χ4v) is 5.50. The summed E-state index contributed by atoms with van der Waals surface area (Å²) in [6.07, 6.45) is 3.79. The lowest BCUT2D eigenvalue weighted by molar-refractivity contribution is -0.00156. The van der Waals surface area contributed by atoms with Crippen molar-refractivity contribution in [3.05, 3.63) is 74.5 Å². The van der Waals surface area contributed by atoms with Crippen LogP contribution in [0.5, 0.6) is 5.75 Å². The minimum atomic E-state index is -1.19. The molecule has 0 unspecified atom stereocenters. The molecule has 2 bridgehead atoms. The third-order valence-electron chi connectivity index (χ3n) is 7.19. The number of amides is 2. The van der Waals surface area contributed by atoms with Crippen LogP contribution >= 0.6 is 0 Å². The van der Waals surface area contributed by atoms with Gasteiger partial charge in [0.1, 0.15) is 29.1 Å². The number of benzene rings is 1. The molecule has 4 heterocycles. The van der Waals surface area contributed by atoms with E-state index < -0.39 is 69.8 Å². The highest BCUT2D eigenvalue weighted by Gasteiger charge is 2.55. The van der Waals surface area contributed by atoms with Gasteiger partial charge in [-0.25, -0.2) is 13.2 Å². The molecule has 11 heteroatoms. The summed E-state index contributed by atoms with van der Waals surface area (Å²) in [6.45, 7) is 1.40. The summed E-state index contributed by atoms with van der Waals surface area (Å²) < 4.78 is 48.5. The Morgan fingerprint density at radius 1 is 1.23 bits per heavy atom. The monoisotopic (exact) mass is 489 g/mol. The van der Waals surface area contributed by atoms with Gasteiger partial charge in [0.05, 0.1) is 5.54 Å². The smallest absolute Gasteiger partial charge is 0.275 e. The Hall–Kier alpha value is -3.60. The van der Waals surface area contributed by atoms with Gasteiger partial charge in [-0.3, -0.25) is 14.4 Å². The molecule has 184 valence electrons. The predicted molar refractivity (Wildman–Crippen MR) is 117 cm³/mol. The molecule has 1 spiro atoms. The molecule has 8 nitrogen and oxygen atoms in total. The summed E-state index contributed by atoms with van der Waals surface area (Å²) in [4.78, 5) is 41.1.